The van der Waals surface area contributed by atoms with Gasteiger partial charge in [-0.1, -0.05) is 12.2 Å². The minimum Gasteiger partial charge on any atom is -0.368 e. The van der Waals surface area contributed by atoms with E-state index < -0.39 is 0 Å². The van der Waals surface area contributed by atoms with Gasteiger partial charge < -0.3 is 10.6 Å². The fourth-order valence-electron chi connectivity index (χ4n) is 1.18. The Bertz CT molecular complexity index is 331. The largest absolute Gasteiger partial charge is 0.368 e. The van der Waals surface area contributed by atoms with Crippen LogP contribution in [0.15, 0.2) is 25.3 Å². The third-order valence-corrected chi connectivity index (χ3v) is 1.73. The van der Waals surface area contributed by atoms with E-state index in [1.54, 1.807) is 19.1 Å². The highest BCUT2D eigenvalue weighted by Gasteiger charge is 2.08. The minimum atomic E-state index is 0.232. The first kappa shape index (κ1) is 11.2. The number of nitrogens with zero attached hydrogens (tertiary/aromatic N) is 4. The van der Waals surface area contributed by atoms with Crippen LogP contribution in [0.1, 0.15) is 5.82 Å². The number of hydrogen-bond donors (Lipinski definition) is 1. The summed E-state index contributed by atoms with van der Waals surface area (Å²) in [5.74, 6) is 1.39. The van der Waals surface area contributed by atoms with E-state index in [4.69, 9.17) is 5.73 Å². The summed E-state index contributed by atoms with van der Waals surface area (Å²) in [6.45, 7) is 10.4. The summed E-state index contributed by atoms with van der Waals surface area (Å²) in [7, 11) is 0. The Hall–Kier alpha value is -1.91. The zero-order valence-corrected chi connectivity index (χ0v) is 8.85. The van der Waals surface area contributed by atoms with Crippen molar-refractivity contribution in [2.75, 3.05) is 23.7 Å². The van der Waals surface area contributed by atoms with Crippen LogP contribution in [0.25, 0.3) is 0 Å². The first-order valence-corrected chi connectivity index (χ1v) is 4.62. The molecule has 0 saturated heterocycles. The molecule has 1 heterocycles. The van der Waals surface area contributed by atoms with Crippen molar-refractivity contribution in [2.24, 2.45) is 0 Å². The maximum Gasteiger partial charge on any atom is 0.230 e. The molecule has 0 bridgehead atoms. The second-order valence-electron chi connectivity index (χ2n) is 3.02. The predicted octanol–water partition coefficient (Wildman–Crippen LogP) is 0.941. The number of rotatable bonds is 5. The monoisotopic (exact) mass is 205 g/mol. The smallest absolute Gasteiger partial charge is 0.230 e. The first-order chi connectivity index (χ1) is 7.17. The van der Waals surface area contributed by atoms with Crippen LogP contribution in [-0.4, -0.2) is 28.0 Å². The lowest BCUT2D eigenvalue weighted by Crippen LogP contribution is -2.26. The van der Waals surface area contributed by atoms with Crippen LogP contribution in [-0.2, 0) is 0 Å². The predicted molar refractivity (Wildman–Crippen MR) is 61.6 cm³/mol. The van der Waals surface area contributed by atoms with Crippen molar-refractivity contribution >= 4 is 11.9 Å². The number of hydrogen-bond acceptors (Lipinski definition) is 5. The zero-order chi connectivity index (χ0) is 11.3. The normalized spacial score (nSPS) is 9.67. The Kier molecular flexibility index (Phi) is 3.79. The molecule has 0 atom stereocenters. The summed E-state index contributed by atoms with van der Waals surface area (Å²) in [6, 6.07) is 0. The van der Waals surface area contributed by atoms with Gasteiger partial charge in [-0.25, -0.2) is 0 Å². The molecular weight excluding hydrogens is 190 g/mol. The molecule has 0 saturated carbocycles. The van der Waals surface area contributed by atoms with Crippen LogP contribution in [0.2, 0.25) is 0 Å². The highest BCUT2D eigenvalue weighted by Crippen LogP contribution is 2.08. The molecule has 2 N–H and O–H groups in total. The van der Waals surface area contributed by atoms with Crippen LogP contribution in [0.3, 0.4) is 0 Å². The molecule has 0 aliphatic carbocycles. The van der Waals surface area contributed by atoms with Gasteiger partial charge in [0.15, 0.2) is 0 Å². The number of aromatic nitrogens is 3. The Labute approximate surface area is 89.4 Å². The molecule has 5 heteroatoms. The number of nitrogens with two attached hydrogens (primary N) is 1. The van der Waals surface area contributed by atoms with Crippen molar-refractivity contribution in [3.05, 3.63) is 31.1 Å². The van der Waals surface area contributed by atoms with E-state index in [1.807, 2.05) is 4.90 Å². The molecule has 0 amide bonds. The van der Waals surface area contributed by atoms with Crippen molar-refractivity contribution in [1.82, 2.24) is 15.0 Å². The SMILES string of the molecule is C=CCN(CC=C)c1nc(C)nc(N)n1. The van der Waals surface area contributed by atoms with Gasteiger partial charge in [0.25, 0.3) is 0 Å². The third kappa shape index (κ3) is 3.05. The Morgan fingerprint density at radius 3 is 2.27 bits per heavy atom. The zero-order valence-electron chi connectivity index (χ0n) is 8.85. The van der Waals surface area contributed by atoms with Gasteiger partial charge in [-0.15, -0.1) is 13.2 Å². The van der Waals surface area contributed by atoms with Gasteiger partial charge in [-0.3, -0.25) is 0 Å². The molecule has 5 nitrogen and oxygen atoms in total. The summed E-state index contributed by atoms with van der Waals surface area (Å²) in [6.07, 6.45) is 3.55. The lowest BCUT2D eigenvalue weighted by Gasteiger charge is -2.19. The van der Waals surface area contributed by atoms with Gasteiger partial charge in [-0.2, -0.15) is 15.0 Å². The fraction of sp³-hybridized carbons (Fsp3) is 0.300. The van der Waals surface area contributed by atoms with Crippen LogP contribution in [0, 0.1) is 6.92 Å². The maximum absolute atomic E-state index is 5.55. The highest BCUT2D eigenvalue weighted by molar-refractivity contribution is 5.36. The average Bonchev–Trinajstić information content (AvgIpc) is 2.16. The van der Waals surface area contributed by atoms with Gasteiger partial charge >= 0.3 is 0 Å². The molecule has 1 aromatic heterocycles. The van der Waals surface area contributed by atoms with Gasteiger partial charge in [0.1, 0.15) is 5.82 Å². The van der Waals surface area contributed by atoms with Gasteiger partial charge in [0, 0.05) is 13.1 Å². The summed E-state index contributed by atoms with van der Waals surface area (Å²) in [5, 5.41) is 0. The fourth-order valence-corrected chi connectivity index (χ4v) is 1.18. The third-order valence-electron chi connectivity index (χ3n) is 1.73. The first-order valence-electron chi connectivity index (χ1n) is 4.62. The van der Waals surface area contributed by atoms with Crippen LogP contribution in [0.5, 0.6) is 0 Å². The van der Waals surface area contributed by atoms with E-state index in [2.05, 4.69) is 28.1 Å². The van der Waals surface area contributed by atoms with Crippen molar-refractivity contribution in [1.29, 1.82) is 0 Å². The lowest BCUT2D eigenvalue weighted by atomic mass is 10.4. The minimum absolute atomic E-state index is 0.232. The van der Waals surface area contributed by atoms with E-state index in [0.29, 0.717) is 24.9 Å². The Balaban J connectivity index is 2.98. The molecule has 0 aliphatic rings. The maximum atomic E-state index is 5.55. The molecule has 0 aromatic carbocycles. The van der Waals surface area contributed by atoms with Crippen LogP contribution in [0.4, 0.5) is 11.9 Å². The molecule has 0 fully saturated rings. The summed E-state index contributed by atoms with van der Waals surface area (Å²) >= 11 is 0. The van der Waals surface area contributed by atoms with E-state index in [0.717, 1.165) is 0 Å². The summed E-state index contributed by atoms with van der Waals surface area (Å²) < 4.78 is 0. The number of nitrogen functional groups attached to an aromatic ring is 1. The Morgan fingerprint density at radius 1 is 1.20 bits per heavy atom. The molecule has 15 heavy (non-hydrogen) atoms. The number of anilines is 2. The lowest BCUT2D eigenvalue weighted by molar-refractivity contribution is 0.859. The molecule has 0 spiro atoms. The molecule has 1 rings (SSSR count). The van der Waals surface area contributed by atoms with Gasteiger partial charge in [-0.05, 0) is 6.92 Å². The standard InChI is InChI=1S/C10H15N5/c1-4-6-15(7-5-2)10-13-8(3)12-9(11)14-10/h4-5H,1-2,6-7H2,3H3,(H2,11,12,13,14). The van der Waals surface area contributed by atoms with Crippen LogP contribution >= 0.6 is 0 Å². The molecule has 0 unspecified atom stereocenters. The molecule has 0 aliphatic heterocycles. The summed E-state index contributed by atoms with van der Waals surface area (Å²) in [4.78, 5) is 14.1. The van der Waals surface area contributed by atoms with Crippen molar-refractivity contribution in [3.8, 4) is 0 Å². The van der Waals surface area contributed by atoms with Crippen LogP contribution < -0.4 is 10.6 Å². The second-order valence-corrected chi connectivity index (χ2v) is 3.02. The van der Waals surface area contributed by atoms with Crippen molar-refractivity contribution in [3.63, 3.8) is 0 Å². The second kappa shape index (κ2) is 5.09. The average molecular weight is 205 g/mol. The van der Waals surface area contributed by atoms with Gasteiger partial charge in [0.2, 0.25) is 11.9 Å². The topological polar surface area (TPSA) is 67.9 Å². The Morgan fingerprint density at radius 2 is 1.80 bits per heavy atom. The molecular formula is C10H15N5. The molecule has 80 valence electrons. The van der Waals surface area contributed by atoms with E-state index in [1.165, 1.54) is 0 Å². The van der Waals surface area contributed by atoms with E-state index in [-0.39, 0.29) is 5.95 Å². The van der Waals surface area contributed by atoms with Crippen molar-refractivity contribution in [2.45, 2.75) is 6.92 Å². The van der Waals surface area contributed by atoms with Gasteiger partial charge in [0.05, 0.1) is 0 Å². The highest BCUT2D eigenvalue weighted by atomic mass is 15.3. The number of aryl methyl sites for hydroxylation is 1. The summed E-state index contributed by atoms with van der Waals surface area (Å²) in [5.41, 5.74) is 5.55. The van der Waals surface area contributed by atoms with Crippen molar-refractivity contribution < 1.29 is 0 Å². The quantitative estimate of drug-likeness (QED) is 0.724. The van der Waals surface area contributed by atoms with E-state index >= 15 is 0 Å². The molecule has 0 radical (unpaired) electrons. The van der Waals surface area contributed by atoms with E-state index in [9.17, 15) is 0 Å². The molecule has 1 aromatic rings.